The van der Waals surface area contributed by atoms with E-state index in [0.717, 1.165) is 27.3 Å². The molecule has 0 saturated carbocycles. The molecule has 32 heavy (non-hydrogen) atoms. The van der Waals surface area contributed by atoms with Crippen molar-refractivity contribution in [2.24, 2.45) is 0 Å². The highest BCUT2D eigenvalue weighted by Crippen LogP contribution is 2.14. The summed E-state index contributed by atoms with van der Waals surface area (Å²) in [6.07, 6.45) is 8.61. The normalized spacial score (nSPS) is 10.4. The highest BCUT2D eigenvalue weighted by atomic mass is 16.2. The second-order valence-corrected chi connectivity index (χ2v) is 6.88. The second kappa shape index (κ2) is 16.6. The number of nitrogens with one attached hydrogen (secondary N) is 2. The Labute approximate surface area is 193 Å². The second-order valence-electron chi connectivity index (χ2n) is 6.88. The van der Waals surface area contributed by atoms with Gasteiger partial charge < -0.3 is 20.8 Å². The van der Waals surface area contributed by atoms with Crippen molar-refractivity contribution in [3.8, 4) is 0 Å². The van der Waals surface area contributed by atoms with Gasteiger partial charge in [-0.1, -0.05) is 97.1 Å². The molecule has 3 rings (SSSR count). The minimum absolute atomic E-state index is 0.902. The molecule has 0 heterocycles. The first-order valence-corrected chi connectivity index (χ1v) is 10.6. The average molecular weight is 433 g/mol. The van der Waals surface area contributed by atoms with Gasteiger partial charge in [0, 0.05) is 27.3 Å². The first-order chi connectivity index (χ1) is 15.8. The minimum atomic E-state index is 0.902. The molecule has 3 aromatic carbocycles. The van der Waals surface area contributed by atoms with Crippen LogP contribution in [0.2, 0.25) is 0 Å². The van der Waals surface area contributed by atoms with Crippen molar-refractivity contribution in [2.45, 2.75) is 13.1 Å². The summed E-state index contributed by atoms with van der Waals surface area (Å²) in [4.78, 5) is 0. The predicted molar refractivity (Wildman–Crippen MR) is 139 cm³/mol. The van der Waals surface area contributed by atoms with Gasteiger partial charge in [0.05, 0.1) is 0 Å². The zero-order valence-corrected chi connectivity index (χ0v) is 19.5. The summed E-state index contributed by atoms with van der Waals surface area (Å²) >= 11 is 0. The SMILES string of the molecule is CNCc1ccc(/C=C/c2ccc(/C=C/c3ccc(CNC)cc3)cc2)cc1.CO.CO. The van der Waals surface area contributed by atoms with Gasteiger partial charge >= 0.3 is 0 Å². The Kier molecular flexibility index (Phi) is 14.1. The number of benzene rings is 3. The molecule has 0 aromatic heterocycles. The van der Waals surface area contributed by atoms with Crippen molar-refractivity contribution in [3.63, 3.8) is 0 Å². The lowest BCUT2D eigenvalue weighted by molar-refractivity contribution is 0.399. The van der Waals surface area contributed by atoms with Crippen LogP contribution in [-0.2, 0) is 13.1 Å². The molecular weight excluding hydrogens is 396 g/mol. The van der Waals surface area contributed by atoms with Crippen molar-refractivity contribution in [1.82, 2.24) is 10.6 Å². The van der Waals surface area contributed by atoms with Crippen molar-refractivity contribution >= 4 is 24.3 Å². The van der Waals surface area contributed by atoms with Crippen molar-refractivity contribution in [2.75, 3.05) is 28.3 Å². The van der Waals surface area contributed by atoms with Gasteiger partial charge in [0.15, 0.2) is 0 Å². The number of aliphatic hydroxyl groups is 2. The topological polar surface area (TPSA) is 64.5 Å². The third kappa shape index (κ3) is 9.86. The van der Waals surface area contributed by atoms with Crippen LogP contribution < -0.4 is 10.6 Å². The van der Waals surface area contributed by atoms with Crippen molar-refractivity contribution in [1.29, 1.82) is 0 Å². The van der Waals surface area contributed by atoms with E-state index in [1.165, 1.54) is 33.4 Å². The molecule has 4 heteroatoms. The first-order valence-electron chi connectivity index (χ1n) is 10.6. The summed E-state index contributed by atoms with van der Waals surface area (Å²) in [6, 6.07) is 25.9. The molecule has 0 radical (unpaired) electrons. The monoisotopic (exact) mass is 432 g/mol. The van der Waals surface area contributed by atoms with Crippen LogP contribution in [0.5, 0.6) is 0 Å². The molecule has 0 atom stereocenters. The molecule has 0 unspecified atom stereocenters. The molecule has 4 N–H and O–H groups in total. The predicted octanol–water partition coefficient (Wildman–Crippen LogP) is 4.68. The van der Waals surface area contributed by atoms with Gasteiger partial charge in [0.1, 0.15) is 0 Å². The molecule has 3 aromatic rings. The summed E-state index contributed by atoms with van der Waals surface area (Å²) in [7, 11) is 5.93. The number of rotatable bonds is 8. The van der Waals surface area contributed by atoms with Gasteiger partial charge in [0.25, 0.3) is 0 Å². The van der Waals surface area contributed by atoms with E-state index in [9.17, 15) is 0 Å². The van der Waals surface area contributed by atoms with Gasteiger partial charge in [0.2, 0.25) is 0 Å². The summed E-state index contributed by atoms with van der Waals surface area (Å²) in [5.41, 5.74) is 7.43. The van der Waals surface area contributed by atoms with Crippen LogP contribution in [0, 0.1) is 0 Å². The van der Waals surface area contributed by atoms with Gasteiger partial charge in [-0.3, -0.25) is 0 Å². The Morgan fingerprint density at radius 1 is 0.469 bits per heavy atom. The van der Waals surface area contributed by atoms with Crippen LogP contribution in [-0.4, -0.2) is 38.5 Å². The quantitative estimate of drug-likeness (QED) is 0.390. The van der Waals surface area contributed by atoms with Crippen LogP contribution in [0.4, 0.5) is 0 Å². The van der Waals surface area contributed by atoms with E-state index < -0.39 is 0 Å². The zero-order chi connectivity index (χ0) is 23.6. The fourth-order valence-electron chi connectivity index (χ4n) is 3.00. The van der Waals surface area contributed by atoms with E-state index in [2.05, 4.69) is 108 Å². The average Bonchev–Trinajstić information content (AvgIpc) is 2.87. The lowest BCUT2D eigenvalue weighted by atomic mass is 10.1. The third-order valence-corrected chi connectivity index (χ3v) is 4.59. The van der Waals surface area contributed by atoms with E-state index >= 15 is 0 Å². The maximum atomic E-state index is 7.00. The summed E-state index contributed by atoms with van der Waals surface area (Å²) in [6.45, 7) is 1.80. The van der Waals surface area contributed by atoms with Gasteiger partial charge in [-0.2, -0.15) is 0 Å². The fraction of sp³-hybridized carbons (Fsp3) is 0.214. The summed E-state index contributed by atoms with van der Waals surface area (Å²) < 4.78 is 0. The summed E-state index contributed by atoms with van der Waals surface area (Å²) in [5, 5.41) is 20.3. The lowest BCUT2D eigenvalue weighted by Crippen LogP contribution is -2.04. The Hall–Kier alpha value is -3.02. The molecule has 0 aliphatic heterocycles. The van der Waals surface area contributed by atoms with E-state index in [4.69, 9.17) is 10.2 Å². The van der Waals surface area contributed by atoms with Crippen molar-refractivity contribution < 1.29 is 10.2 Å². The first kappa shape index (κ1) is 27.0. The lowest BCUT2D eigenvalue weighted by Gasteiger charge is -2.01. The number of hydrogen-bond donors (Lipinski definition) is 4. The molecule has 0 saturated heterocycles. The molecule has 0 aliphatic carbocycles. The number of hydrogen-bond acceptors (Lipinski definition) is 4. The van der Waals surface area contributed by atoms with E-state index in [1.807, 2.05) is 14.1 Å². The van der Waals surface area contributed by atoms with Gasteiger partial charge in [-0.25, -0.2) is 0 Å². The van der Waals surface area contributed by atoms with E-state index in [1.54, 1.807) is 0 Å². The molecule has 4 nitrogen and oxygen atoms in total. The Balaban J connectivity index is 0.00000121. The van der Waals surface area contributed by atoms with Crippen LogP contribution in [0.15, 0.2) is 72.8 Å². The Morgan fingerprint density at radius 2 is 0.688 bits per heavy atom. The fourth-order valence-corrected chi connectivity index (χ4v) is 3.00. The molecular formula is C28H36N2O2. The molecule has 0 bridgehead atoms. The third-order valence-electron chi connectivity index (χ3n) is 4.59. The largest absolute Gasteiger partial charge is 0.400 e. The minimum Gasteiger partial charge on any atom is -0.400 e. The van der Waals surface area contributed by atoms with Crippen LogP contribution in [0.1, 0.15) is 33.4 Å². The molecule has 0 amide bonds. The smallest absolute Gasteiger partial charge is 0.0319 e. The van der Waals surface area contributed by atoms with Crippen LogP contribution in [0.25, 0.3) is 24.3 Å². The Morgan fingerprint density at radius 3 is 0.906 bits per heavy atom. The van der Waals surface area contributed by atoms with Crippen LogP contribution >= 0.6 is 0 Å². The molecule has 0 aliphatic rings. The molecule has 0 fully saturated rings. The highest BCUT2D eigenvalue weighted by molar-refractivity contribution is 5.73. The van der Waals surface area contributed by atoms with E-state index in [-0.39, 0.29) is 0 Å². The maximum Gasteiger partial charge on any atom is 0.0319 e. The molecule has 170 valence electrons. The maximum absolute atomic E-state index is 7.00. The van der Waals surface area contributed by atoms with Gasteiger partial charge in [-0.05, 0) is 47.5 Å². The standard InChI is InChI=1S/C26H28N2.2CH4O/c1-27-19-25-15-11-23(12-16-25)9-7-21-3-5-22(6-4-21)8-10-24-13-17-26(18-14-24)20-28-2;2*1-2/h3-18,27-28H,19-20H2,1-2H3;2*2H,1H3/b9-7+,10-8+;;. The van der Waals surface area contributed by atoms with Crippen molar-refractivity contribution in [3.05, 3.63) is 106 Å². The van der Waals surface area contributed by atoms with Gasteiger partial charge in [-0.15, -0.1) is 0 Å². The van der Waals surface area contributed by atoms with Crippen LogP contribution in [0.3, 0.4) is 0 Å². The summed E-state index contributed by atoms with van der Waals surface area (Å²) in [5.74, 6) is 0. The Bertz CT molecular complexity index is 835. The molecule has 0 spiro atoms. The highest BCUT2D eigenvalue weighted by Gasteiger charge is 1.94. The zero-order valence-electron chi connectivity index (χ0n) is 19.5. The number of aliphatic hydroxyl groups excluding tert-OH is 2. The van der Waals surface area contributed by atoms with E-state index in [0.29, 0.717) is 0 Å².